The molecule has 1 saturated heterocycles. The summed E-state index contributed by atoms with van der Waals surface area (Å²) < 4.78 is 12.9. The zero-order valence-corrected chi connectivity index (χ0v) is 17.7. The number of carbonyl (C=O) groups excluding carboxylic acids is 1. The Kier molecular flexibility index (Phi) is 6.66. The molecule has 7 nitrogen and oxygen atoms in total. The maximum absolute atomic E-state index is 12.9. The van der Waals surface area contributed by atoms with E-state index in [1.54, 1.807) is 12.1 Å². The third-order valence-electron chi connectivity index (χ3n) is 5.68. The second-order valence-electron chi connectivity index (χ2n) is 8.06. The largest absolute Gasteiger partial charge is 0.350 e. The van der Waals surface area contributed by atoms with Crippen molar-refractivity contribution >= 4 is 5.91 Å². The van der Waals surface area contributed by atoms with Crippen LogP contribution in [0.4, 0.5) is 4.39 Å². The van der Waals surface area contributed by atoms with Gasteiger partial charge in [0.1, 0.15) is 12.4 Å². The van der Waals surface area contributed by atoms with Gasteiger partial charge in [0.25, 0.3) is 0 Å². The third-order valence-corrected chi connectivity index (χ3v) is 5.68. The van der Waals surface area contributed by atoms with E-state index in [4.69, 9.17) is 0 Å². The Bertz CT molecular complexity index is 1000. The molecule has 4 rings (SSSR count). The number of carbonyl (C=O) groups is 1. The lowest BCUT2D eigenvalue weighted by molar-refractivity contribution is -0.122. The number of benzene rings is 2. The van der Waals surface area contributed by atoms with Crippen molar-refractivity contribution in [1.29, 1.82) is 0 Å². The molecular formula is C23H27FN6O. The van der Waals surface area contributed by atoms with Crippen molar-refractivity contribution in [2.45, 2.75) is 51.9 Å². The molecule has 1 aliphatic rings. The highest BCUT2D eigenvalue weighted by Gasteiger charge is 2.18. The average Bonchev–Trinajstić information content (AvgIpc) is 3.24. The number of nitrogens with one attached hydrogen (secondary N) is 1. The monoisotopic (exact) mass is 422 g/mol. The number of tetrazole rings is 1. The van der Waals surface area contributed by atoms with Gasteiger partial charge in [0, 0.05) is 24.7 Å². The highest BCUT2D eigenvalue weighted by Crippen LogP contribution is 2.21. The maximum Gasteiger partial charge on any atom is 0.243 e. The summed E-state index contributed by atoms with van der Waals surface area (Å²) in [6, 6.07) is 14.8. The van der Waals surface area contributed by atoms with Gasteiger partial charge in [-0.05, 0) is 54.8 Å². The van der Waals surface area contributed by atoms with E-state index in [9.17, 15) is 9.18 Å². The van der Waals surface area contributed by atoms with Crippen molar-refractivity contribution < 1.29 is 9.18 Å². The SMILES string of the molecule is C[C@H]1CCCCN1Cc1ccc(-c2nnn(CC(=O)NCc3ccc(F)cc3)n2)cc1. The van der Waals surface area contributed by atoms with E-state index in [0.717, 1.165) is 24.2 Å². The van der Waals surface area contributed by atoms with E-state index in [2.05, 4.69) is 44.7 Å². The summed E-state index contributed by atoms with van der Waals surface area (Å²) in [4.78, 5) is 15.9. The first kappa shape index (κ1) is 21.1. The molecule has 1 aromatic heterocycles. The van der Waals surface area contributed by atoms with Gasteiger partial charge in [-0.15, -0.1) is 10.2 Å². The highest BCUT2D eigenvalue weighted by molar-refractivity contribution is 5.75. The predicted molar refractivity (Wildman–Crippen MR) is 115 cm³/mol. The van der Waals surface area contributed by atoms with Crippen molar-refractivity contribution in [3.05, 3.63) is 65.5 Å². The number of halogens is 1. The molecule has 1 aliphatic heterocycles. The summed E-state index contributed by atoms with van der Waals surface area (Å²) in [6.07, 6.45) is 3.86. The number of likely N-dealkylation sites (tertiary alicyclic amines) is 1. The quantitative estimate of drug-likeness (QED) is 0.633. The Hall–Kier alpha value is -3.13. The molecule has 0 spiro atoms. The molecule has 0 saturated carbocycles. The van der Waals surface area contributed by atoms with E-state index < -0.39 is 0 Å². The first-order valence-electron chi connectivity index (χ1n) is 10.7. The fourth-order valence-electron chi connectivity index (χ4n) is 3.80. The van der Waals surface area contributed by atoms with Gasteiger partial charge in [0.2, 0.25) is 11.7 Å². The Morgan fingerprint density at radius 2 is 1.84 bits per heavy atom. The van der Waals surface area contributed by atoms with Crippen LogP contribution in [0.2, 0.25) is 0 Å². The van der Waals surface area contributed by atoms with E-state index in [0.29, 0.717) is 18.4 Å². The van der Waals surface area contributed by atoms with Gasteiger partial charge < -0.3 is 5.32 Å². The molecule has 1 atom stereocenters. The highest BCUT2D eigenvalue weighted by atomic mass is 19.1. The number of hydrogen-bond acceptors (Lipinski definition) is 5. The molecule has 1 fully saturated rings. The van der Waals surface area contributed by atoms with Gasteiger partial charge in [-0.3, -0.25) is 9.69 Å². The summed E-state index contributed by atoms with van der Waals surface area (Å²) in [5.41, 5.74) is 2.96. The van der Waals surface area contributed by atoms with Crippen LogP contribution in [0.5, 0.6) is 0 Å². The van der Waals surface area contributed by atoms with Crippen LogP contribution in [0.1, 0.15) is 37.3 Å². The first-order valence-corrected chi connectivity index (χ1v) is 10.7. The molecule has 0 radical (unpaired) electrons. The van der Waals surface area contributed by atoms with Crippen LogP contribution in [0, 0.1) is 5.82 Å². The van der Waals surface area contributed by atoms with Gasteiger partial charge in [-0.25, -0.2) is 4.39 Å². The minimum Gasteiger partial charge on any atom is -0.350 e. The Morgan fingerprint density at radius 3 is 2.58 bits per heavy atom. The van der Waals surface area contributed by atoms with E-state index in [1.165, 1.54) is 41.8 Å². The summed E-state index contributed by atoms with van der Waals surface area (Å²) in [5.74, 6) is -0.0491. The number of hydrogen-bond donors (Lipinski definition) is 1. The number of nitrogens with zero attached hydrogens (tertiary/aromatic N) is 5. The van der Waals surface area contributed by atoms with Gasteiger partial charge in [-0.1, -0.05) is 42.8 Å². The Labute approximate surface area is 181 Å². The van der Waals surface area contributed by atoms with Crippen molar-refractivity contribution in [2.24, 2.45) is 0 Å². The van der Waals surface area contributed by atoms with E-state index in [-0.39, 0.29) is 18.3 Å². The lowest BCUT2D eigenvalue weighted by atomic mass is 10.0. The van der Waals surface area contributed by atoms with Gasteiger partial charge in [0.05, 0.1) is 0 Å². The van der Waals surface area contributed by atoms with Crippen LogP contribution in [0.3, 0.4) is 0 Å². The number of piperidine rings is 1. The molecule has 3 aromatic rings. The van der Waals surface area contributed by atoms with Crippen molar-refractivity contribution in [3.8, 4) is 11.4 Å². The smallest absolute Gasteiger partial charge is 0.243 e. The maximum atomic E-state index is 12.9. The van der Waals surface area contributed by atoms with Crippen molar-refractivity contribution in [2.75, 3.05) is 6.54 Å². The Morgan fingerprint density at radius 1 is 1.10 bits per heavy atom. The zero-order chi connectivity index (χ0) is 21.6. The number of aromatic nitrogens is 4. The molecule has 2 heterocycles. The molecule has 1 amide bonds. The van der Waals surface area contributed by atoms with Crippen molar-refractivity contribution in [1.82, 2.24) is 30.4 Å². The minimum absolute atomic E-state index is 0.0286. The molecule has 0 aliphatic carbocycles. The fourth-order valence-corrected chi connectivity index (χ4v) is 3.80. The topological polar surface area (TPSA) is 75.9 Å². The first-order chi connectivity index (χ1) is 15.1. The average molecular weight is 423 g/mol. The molecule has 162 valence electrons. The van der Waals surface area contributed by atoms with Crippen LogP contribution < -0.4 is 5.32 Å². The Balaban J connectivity index is 1.30. The third kappa shape index (κ3) is 5.73. The summed E-state index contributed by atoms with van der Waals surface area (Å²) >= 11 is 0. The summed E-state index contributed by atoms with van der Waals surface area (Å²) in [6.45, 7) is 4.69. The fraction of sp³-hybridized carbons (Fsp3) is 0.391. The minimum atomic E-state index is -0.302. The van der Waals surface area contributed by atoms with Crippen LogP contribution in [-0.2, 0) is 24.4 Å². The molecular weight excluding hydrogens is 395 g/mol. The van der Waals surface area contributed by atoms with Crippen molar-refractivity contribution in [3.63, 3.8) is 0 Å². The standard InChI is InChI=1S/C23H27FN6O/c1-17-4-2-3-13-29(17)15-19-5-9-20(10-6-19)23-26-28-30(27-23)16-22(31)25-14-18-7-11-21(24)12-8-18/h5-12,17H,2-4,13-16H2,1H3,(H,25,31)/t17-/m0/s1. The van der Waals surface area contributed by atoms with Crippen LogP contribution in [0.25, 0.3) is 11.4 Å². The zero-order valence-electron chi connectivity index (χ0n) is 17.7. The molecule has 2 aromatic carbocycles. The van der Waals surface area contributed by atoms with Crippen LogP contribution in [-0.4, -0.2) is 43.6 Å². The lowest BCUT2D eigenvalue weighted by Crippen LogP contribution is -2.36. The predicted octanol–water partition coefficient (Wildman–Crippen LogP) is 3.17. The second-order valence-corrected chi connectivity index (χ2v) is 8.06. The molecule has 31 heavy (non-hydrogen) atoms. The van der Waals surface area contributed by atoms with Crippen LogP contribution in [0.15, 0.2) is 48.5 Å². The molecule has 8 heteroatoms. The van der Waals surface area contributed by atoms with E-state index in [1.807, 2.05) is 12.1 Å². The number of amides is 1. The normalized spacial score (nSPS) is 16.9. The lowest BCUT2D eigenvalue weighted by Gasteiger charge is -2.33. The molecule has 0 unspecified atom stereocenters. The van der Waals surface area contributed by atoms with Gasteiger partial charge in [0.15, 0.2) is 0 Å². The van der Waals surface area contributed by atoms with E-state index >= 15 is 0 Å². The molecule has 1 N–H and O–H groups in total. The van der Waals surface area contributed by atoms with Gasteiger partial charge in [-0.2, -0.15) is 4.80 Å². The van der Waals surface area contributed by atoms with Gasteiger partial charge >= 0.3 is 0 Å². The summed E-state index contributed by atoms with van der Waals surface area (Å²) in [5, 5.41) is 15.1. The summed E-state index contributed by atoms with van der Waals surface area (Å²) in [7, 11) is 0. The van der Waals surface area contributed by atoms with Crippen LogP contribution >= 0.6 is 0 Å². The second kappa shape index (κ2) is 9.78. The number of rotatable bonds is 7. The molecule has 0 bridgehead atoms.